The first-order valence-electron chi connectivity index (χ1n) is 12.5. The van der Waals surface area contributed by atoms with Crippen molar-refractivity contribution in [1.29, 1.82) is 0 Å². The van der Waals surface area contributed by atoms with E-state index < -0.39 is 0 Å². The van der Waals surface area contributed by atoms with Crippen molar-refractivity contribution in [3.8, 4) is 11.4 Å². The maximum Gasteiger partial charge on any atom is 0.162 e. The minimum atomic E-state index is 0.547. The maximum absolute atomic E-state index is 5.78. The quantitative estimate of drug-likeness (QED) is 0.272. The molecule has 1 saturated carbocycles. The molecule has 2 N–H and O–H groups in total. The Labute approximate surface area is 206 Å². The summed E-state index contributed by atoms with van der Waals surface area (Å²) >= 11 is 0. The molecule has 0 spiro atoms. The summed E-state index contributed by atoms with van der Waals surface area (Å²) in [6, 6.07) is 3.97. The molecule has 0 unspecified atom stereocenters. The Morgan fingerprint density at radius 3 is 2.83 bits per heavy atom. The number of allylic oxidation sites excluding steroid dienone is 3. The summed E-state index contributed by atoms with van der Waals surface area (Å²) in [7, 11) is 0. The van der Waals surface area contributed by atoms with E-state index >= 15 is 0 Å². The Morgan fingerprint density at radius 1 is 1.20 bits per heavy atom. The number of pyridine rings is 2. The zero-order valence-corrected chi connectivity index (χ0v) is 20.5. The number of hydrogen-bond acceptors (Lipinski definition) is 8. The number of nitrogens with zero attached hydrogens (tertiary/aromatic N) is 5. The number of ether oxygens (including phenoxy) is 1. The van der Waals surface area contributed by atoms with E-state index in [4.69, 9.17) is 14.7 Å². The van der Waals surface area contributed by atoms with Crippen molar-refractivity contribution in [1.82, 2.24) is 25.3 Å². The van der Waals surface area contributed by atoms with Crippen LogP contribution in [0.25, 0.3) is 22.3 Å². The van der Waals surface area contributed by atoms with Gasteiger partial charge in [0.2, 0.25) is 0 Å². The normalized spacial score (nSPS) is 16.7. The Bertz CT molecular complexity index is 1230. The number of fused-ring (bicyclic) bond motifs is 1. The van der Waals surface area contributed by atoms with E-state index in [1.165, 1.54) is 23.8 Å². The van der Waals surface area contributed by atoms with Gasteiger partial charge in [-0.1, -0.05) is 6.08 Å². The molecule has 2 fully saturated rings. The van der Waals surface area contributed by atoms with Crippen molar-refractivity contribution in [2.75, 3.05) is 49.5 Å². The van der Waals surface area contributed by atoms with E-state index in [0.29, 0.717) is 24.9 Å². The second-order valence-electron chi connectivity index (χ2n) is 8.90. The highest BCUT2D eigenvalue weighted by molar-refractivity contribution is 5.94. The molecule has 0 aromatic carbocycles. The average molecular weight is 472 g/mol. The Balaban J connectivity index is 1.42. The number of anilines is 2. The second-order valence-corrected chi connectivity index (χ2v) is 8.90. The fraction of sp³-hybridized carbons (Fsp3) is 0.407. The molecule has 0 bridgehead atoms. The van der Waals surface area contributed by atoms with Crippen LogP contribution in [0.1, 0.15) is 38.2 Å². The van der Waals surface area contributed by atoms with E-state index in [2.05, 4.69) is 25.5 Å². The first-order chi connectivity index (χ1) is 17.3. The molecule has 35 heavy (non-hydrogen) atoms. The number of piperazine rings is 1. The van der Waals surface area contributed by atoms with Crippen LogP contribution in [0.3, 0.4) is 0 Å². The Kier molecular flexibility index (Phi) is 7.18. The van der Waals surface area contributed by atoms with Gasteiger partial charge in [-0.3, -0.25) is 4.98 Å². The van der Waals surface area contributed by atoms with Crippen LogP contribution in [-0.4, -0.2) is 59.3 Å². The van der Waals surface area contributed by atoms with E-state index in [1.54, 1.807) is 6.20 Å². The predicted molar refractivity (Wildman–Crippen MR) is 141 cm³/mol. The van der Waals surface area contributed by atoms with Crippen LogP contribution in [-0.2, 0) is 4.74 Å². The molecule has 1 aliphatic carbocycles. The predicted octanol–water partition coefficient (Wildman–Crippen LogP) is 4.28. The Morgan fingerprint density at radius 2 is 2.06 bits per heavy atom. The SMILES string of the molecule is C/C=C\C(=C/C)OCCNc1cc(-c2nc(N3CCNCC3)c3c(C4CC4)cncc3n2)ccn1. The molecule has 2 aliphatic rings. The summed E-state index contributed by atoms with van der Waals surface area (Å²) in [5.74, 6) is 3.94. The van der Waals surface area contributed by atoms with Crippen LogP contribution >= 0.6 is 0 Å². The molecule has 1 saturated heterocycles. The average Bonchev–Trinajstić information content (AvgIpc) is 3.76. The molecule has 1 aliphatic heterocycles. The van der Waals surface area contributed by atoms with Crippen molar-refractivity contribution in [3.63, 3.8) is 0 Å². The van der Waals surface area contributed by atoms with E-state index in [1.807, 2.05) is 56.6 Å². The topological polar surface area (TPSA) is 88.1 Å². The van der Waals surface area contributed by atoms with Gasteiger partial charge in [0, 0.05) is 49.5 Å². The van der Waals surface area contributed by atoms with E-state index in [9.17, 15) is 0 Å². The van der Waals surface area contributed by atoms with Gasteiger partial charge in [0.1, 0.15) is 24.0 Å². The summed E-state index contributed by atoms with van der Waals surface area (Å²) in [5, 5.41) is 7.96. The van der Waals surface area contributed by atoms with E-state index in [0.717, 1.165) is 54.7 Å². The monoisotopic (exact) mass is 471 g/mol. The first-order valence-corrected chi connectivity index (χ1v) is 12.5. The molecule has 4 heterocycles. The van der Waals surface area contributed by atoms with Gasteiger partial charge in [-0.2, -0.15) is 0 Å². The van der Waals surface area contributed by atoms with E-state index in [-0.39, 0.29) is 0 Å². The van der Waals surface area contributed by atoms with Crippen LogP contribution in [0.2, 0.25) is 0 Å². The maximum atomic E-state index is 5.78. The molecule has 3 aromatic heterocycles. The lowest BCUT2D eigenvalue weighted by Crippen LogP contribution is -2.44. The Hall–Kier alpha value is -3.52. The van der Waals surface area contributed by atoms with Crippen molar-refractivity contribution < 1.29 is 4.74 Å². The standard InChI is InChI=1S/C27H33N7O/c1-3-5-21(4-2)35-15-12-31-24-16-20(8-9-30-24)26-32-23-18-29-17-22(19-6-7-19)25(23)27(33-26)34-13-10-28-11-14-34/h3-5,8-9,16-19,28H,6-7,10-15H2,1-2H3,(H,30,31)/b5-3-,21-4+. The van der Waals surface area contributed by atoms with Crippen LogP contribution in [0.5, 0.6) is 0 Å². The van der Waals surface area contributed by atoms with Gasteiger partial charge >= 0.3 is 0 Å². The fourth-order valence-electron chi connectivity index (χ4n) is 4.43. The third-order valence-electron chi connectivity index (χ3n) is 6.36. The highest BCUT2D eigenvalue weighted by atomic mass is 16.5. The molecule has 0 atom stereocenters. The summed E-state index contributed by atoms with van der Waals surface area (Å²) < 4.78 is 5.78. The van der Waals surface area contributed by atoms with Gasteiger partial charge in [-0.15, -0.1) is 0 Å². The van der Waals surface area contributed by atoms with Gasteiger partial charge in [-0.05, 0) is 62.5 Å². The molecule has 8 heteroatoms. The van der Waals surface area contributed by atoms with Crippen LogP contribution in [0.4, 0.5) is 11.6 Å². The molecular weight excluding hydrogens is 438 g/mol. The lowest BCUT2D eigenvalue weighted by Gasteiger charge is -2.30. The fourth-order valence-corrected chi connectivity index (χ4v) is 4.43. The van der Waals surface area contributed by atoms with Gasteiger partial charge in [0.05, 0.1) is 18.3 Å². The number of rotatable bonds is 9. The minimum absolute atomic E-state index is 0.547. The zero-order valence-electron chi connectivity index (χ0n) is 20.5. The summed E-state index contributed by atoms with van der Waals surface area (Å²) in [6.07, 6.45) is 14.0. The second kappa shape index (κ2) is 10.8. The lowest BCUT2D eigenvalue weighted by atomic mass is 10.1. The van der Waals surface area contributed by atoms with Crippen LogP contribution < -0.4 is 15.5 Å². The van der Waals surface area contributed by atoms with Gasteiger partial charge < -0.3 is 20.3 Å². The molecule has 8 nitrogen and oxygen atoms in total. The molecule has 5 rings (SSSR count). The van der Waals surface area contributed by atoms with Crippen LogP contribution in [0.15, 0.2) is 54.7 Å². The number of nitrogens with one attached hydrogen (secondary N) is 2. The van der Waals surface area contributed by atoms with Crippen molar-refractivity contribution >= 4 is 22.5 Å². The summed E-state index contributed by atoms with van der Waals surface area (Å²) in [5.41, 5.74) is 3.13. The summed E-state index contributed by atoms with van der Waals surface area (Å²) in [6.45, 7) is 8.92. The van der Waals surface area contributed by atoms with Gasteiger partial charge in [0.15, 0.2) is 5.82 Å². The lowest BCUT2D eigenvalue weighted by molar-refractivity contribution is 0.236. The first kappa shape index (κ1) is 23.2. The molecule has 0 amide bonds. The van der Waals surface area contributed by atoms with Gasteiger partial charge in [-0.25, -0.2) is 15.0 Å². The molecule has 182 valence electrons. The molecule has 3 aromatic rings. The highest BCUT2D eigenvalue weighted by Gasteiger charge is 2.29. The molecular formula is C27H33N7O. The minimum Gasteiger partial charge on any atom is -0.492 e. The van der Waals surface area contributed by atoms with Crippen molar-refractivity contribution in [3.05, 3.63) is 60.3 Å². The highest BCUT2D eigenvalue weighted by Crippen LogP contribution is 2.44. The third-order valence-corrected chi connectivity index (χ3v) is 6.36. The largest absolute Gasteiger partial charge is 0.492 e. The number of aromatic nitrogens is 4. The van der Waals surface area contributed by atoms with Crippen molar-refractivity contribution in [2.45, 2.75) is 32.6 Å². The zero-order chi connectivity index (χ0) is 24.0. The smallest absolute Gasteiger partial charge is 0.162 e. The third kappa shape index (κ3) is 5.43. The summed E-state index contributed by atoms with van der Waals surface area (Å²) in [4.78, 5) is 21.5. The number of hydrogen-bond donors (Lipinski definition) is 2. The van der Waals surface area contributed by atoms with Crippen molar-refractivity contribution in [2.24, 2.45) is 0 Å². The van der Waals surface area contributed by atoms with Crippen LogP contribution in [0, 0.1) is 0 Å². The van der Waals surface area contributed by atoms with Gasteiger partial charge in [0.25, 0.3) is 0 Å². The molecule has 0 radical (unpaired) electrons.